The van der Waals surface area contributed by atoms with Crippen molar-refractivity contribution in [3.63, 3.8) is 0 Å². The summed E-state index contributed by atoms with van der Waals surface area (Å²) in [5.74, 6) is 1.39. The van der Waals surface area contributed by atoms with Crippen LogP contribution in [0.15, 0.2) is 21.5 Å². The normalized spacial score (nSPS) is 13.2. The van der Waals surface area contributed by atoms with Crippen LogP contribution in [0, 0.1) is 5.92 Å². The van der Waals surface area contributed by atoms with E-state index in [9.17, 15) is 8.42 Å². The molecule has 1 atom stereocenters. The summed E-state index contributed by atoms with van der Waals surface area (Å²) >= 11 is 3.28. The molecule has 0 aliphatic carbocycles. The molecule has 5 nitrogen and oxygen atoms in total. The smallest absolute Gasteiger partial charge is 0.242 e. The Hall–Kier alpha value is -0.790. The van der Waals surface area contributed by atoms with Crippen LogP contribution in [-0.2, 0) is 10.0 Å². The topological polar surface area (TPSA) is 64.6 Å². The fourth-order valence-electron chi connectivity index (χ4n) is 2.01. The third-order valence-corrected chi connectivity index (χ3v) is 5.81. The lowest BCUT2D eigenvalue weighted by Crippen LogP contribution is -2.33. The van der Waals surface area contributed by atoms with Gasteiger partial charge < -0.3 is 9.47 Å². The molecule has 0 saturated carbocycles. The van der Waals surface area contributed by atoms with E-state index >= 15 is 0 Å². The van der Waals surface area contributed by atoms with E-state index < -0.39 is 10.0 Å². The van der Waals surface area contributed by atoms with Gasteiger partial charge in [0.2, 0.25) is 10.0 Å². The third-order valence-electron chi connectivity index (χ3n) is 3.26. The van der Waals surface area contributed by atoms with Gasteiger partial charge in [-0.25, -0.2) is 13.1 Å². The predicted molar refractivity (Wildman–Crippen MR) is 91.1 cm³/mol. The van der Waals surface area contributed by atoms with Gasteiger partial charge in [0.05, 0.1) is 14.2 Å². The molecular formula is C15H24BrNO4S. The number of nitrogens with one attached hydrogen (secondary N) is 1. The van der Waals surface area contributed by atoms with Crippen LogP contribution in [0.4, 0.5) is 0 Å². The summed E-state index contributed by atoms with van der Waals surface area (Å²) in [6.45, 7) is 6.10. The van der Waals surface area contributed by atoms with E-state index in [1.807, 2.05) is 6.92 Å². The van der Waals surface area contributed by atoms with Gasteiger partial charge >= 0.3 is 0 Å². The number of halogens is 1. The molecule has 0 fully saturated rings. The molecule has 1 rings (SSSR count). The SMILES string of the molecule is COc1cc(Br)c(S(=O)(=O)NC(C)CCC(C)C)cc1OC. The molecule has 0 aliphatic heterocycles. The molecule has 0 heterocycles. The van der Waals surface area contributed by atoms with E-state index in [4.69, 9.17) is 9.47 Å². The highest BCUT2D eigenvalue weighted by molar-refractivity contribution is 9.10. The van der Waals surface area contributed by atoms with Crippen molar-refractivity contribution < 1.29 is 17.9 Å². The molecule has 7 heteroatoms. The van der Waals surface area contributed by atoms with Gasteiger partial charge in [-0.15, -0.1) is 0 Å². The van der Waals surface area contributed by atoms with Gasteiger partial charge in [-0.2, -0.15) is 0 Å². The molecule has 0 saturated heterocycles. The van der Waals surface area contributed by atoms with Crippen LogP contribution in [0.1, 0.15) is 33.6 Å². The standard InChI is InChI=1S/C15H24BrNO4S/c1-10(2)6-7-11(3)17-22(18,19)15-9-14(21-5)13(20-4)8-12(15)16/h8-11,17H,6-7H2,1-5H3. The minimum Gasteiger partial charge on any atom is -0.493 e. The first-order chi connectivity index (χ1) is 10.2. The minimum absolute atomic E-state index is 0.132. The number of rotatable bonds is 8. The van der Waals surface area contributed by atoms with Crippen molar-refractivity contribution in [1.29, 1.82) is 0 Å². The zero-order chi connectivity index (χ0) is 16.9. The average molecular weight is 394 g/mol. The minimum atomic E-state index is -3.63. The maximum absolute atomic E-state index is 12.5. The van der Waals surface area contributed by atoms with E-state index in [0.717, 1.165) is 12.8 Å². The zero-order valence-electron chi connectivity index (χ0n) is 13.6. The summed E-state index contributed by atoms with van der Waals surface area (Å²) in [5.41, 5.74) is 0. The number of methoxy groups -OCH3 is 2. The Kier molecular flexibility index (Phi) is 7.15. The fraction of sp³-hybridized carbons (Fsp3) is 0.600. The molecule has 0 aliphatic rings. The number of hydrogen-bond donors (Lipinski definition) is 1. The molecular weight excluding hydrogens is 370 g/mol. The summed E-state index contributed by atoms with van der Waals surface area (Å²) in [4.78, 5) is 0.140. The molecule has 1 aromatic rings. The van der Waals surface area contributed by atoms with Gasteiger partial charge in [-0.1, -0.05) is 13.8 Å². The molecule has 0 bridgehead atoms. The van der Waals surface area contributed by atoms with E-state index in [1.165, 1.54) is 20.3 Å². The number of sulfonamides is 1. The van der Waals surface area contributed by atoms with Crippen LogP contribution in [0.3, 0.4) is 0 Å². The molecule has 1 N–H and O–H groups in total. The highest BCUT2D eigenvalue weighted by Crippen LogP contribution is 2.35. The summed E-state index contributed by atoms with van der Waals surface area (Å²) in [6.07, 6.45) is 1.76. The lowest BCUT2D eigenvalue weighted by atomic mass is 10.1. The van der Waals surface area contributed by atoms with E-state index in [2.05, 4.69) is 34.5 Å². The molecule has 22 heavy (non-hydrogen) atoms. The maximum atomic E-state index is 12.5. The first-order valence-electron chi connectivity index (χ1n) is 7.15. The lowest BCUT2D eigenvalue weighted by molar-refractivity contribution is 0.353. The van der Waals surface area contributed by atoms with Crippen molar-refractivity contribution in [2.45, 2.75) is 44.6 Å². The van der Waals surface area contributed by atoms with Crippen LogP contribution in [0.25, 0.3) is 0 Å². The average Bonchev–Trinajstić information content (AvgIpc) is 2.43. The highest BCUT2D eigenvalue weighted by Gasteiger charge is 2.23. The highest BCUT2D eigenvalue weighted by atomic mass is 79.9. The van der Waals surface area contributed by atoms with Crippen molar-refractivity contribution in [2.24, 2.45) is 5.92 Å². The lowest BCUT2D eigenvalue weighted by Gasteiger charge is -2.17. The Morgan fingerprint density at radius 3 is 2.14 bits per heavy atom. The molecule has 0 aromatic heterocycles. The van der Waals surface area contributed by atoms with Crippen LogP contribution in [0.5, 0.6) is 11.5 Å². The van der Waals surface area contributed by atoms with E-state index in [1.54, 1.807) is 6.07 Å². The summed E-state index contributed by atoms with van der Waals surface area (Å²) in [7, 11) is -0.650. The summed E-state index contributed by atoms with van der Waals surface area (Å²) < 4.78 is 38.6. The summed E-state index contributed by atoms with van der Waals surface area (Å²) in [5, 5.41) is 0. The molecule has 0 amide bonds. The largest absolute Gasteiger partial charge is 0.493 e. The molecule has 0 spiro atoms. The molecule has 1 unspecified atom stereocenters. The number of hydrogen-bond acceptors (Lipinski definition) is 4. The quantitative estimate of drug-likeness (QED) is 0.732. The Morgan fingerprint density at radius 1 is 1.09 bits per heavy atom. The number of ether oxygens (including phenoxy) is 2. The summed E-state index contributed by atoms with van der Waals surface area (Å²) in [6, 6.07) is 2.92. The second kappa shape index (κ2) is 8.17. The zero-order valence-corrected chi connectivity index (χ0v) is 16.0. The van der Waals surface area contributed by atoms with Gasteiger partial charge in [-0.3, -0.25) is 0 Å². The van der Waals surface area contributed by atoms with Gasteiger partial charge in [-0.05, 0) is 47.7 Å². The third kappa shape index (κ3) is 5.14. The van der Waals surface area contributed by atoms with Crippen LogP contribution >= 0.6 is 15.9 Å². The maximum Gasteiger partial charge on any atom is 0.242 e. The van der Waals surface area contributed by atoms with Gasteiger partial charge in [0.15, 0.2) is 11.5 Å². The molecule has 0 radical (unpaired) electrons. The van der Waals surface area contributed by atoms with Gasteiger partial charge in [0.1, 0.15) is 4.90 Å². The van der Waals surface area contributed by atoms with Crippen LogP contribution in [0.2, 0.25) is 0 Å². The van der Waals surface area contributed by atoms with Crippen molar-refractivity contribution in [3.8, 4) is 11.5 Å². The Labute approximate surface area is 141 Å². The van der Waals surface area contributed by atoms with Crippen molar-refractivity contribution in [1.82, 2.24) is 4.72 Å². The van der Waals surface area contributed by atoms with Crippen molar-refractivity contribution >= 4 is 26.0 Å². The van der Waals surface area contributed by atoms with Gasteiger partial charge in [0, 0.05) is 16.6 Å². The van der Waals surface area contributed by atoms with E-state index in [0.29, 0.717) is 21.9 Å². The van der Waals surface area contributed by atoms with Crippen LogP contribution in [-0.4, -0.2) is 28.7 Å². The first kappa shape index (κ1) is 19.3. The predicted octanol–water partition coefficient (Wildman–Crippen LogP) is 3.57. The molecule has 1 aromatic carbocycles. The second-order valence-electron chi connectivity index (χ2n) is 5.63. The second-order valence-corrected chi connectivity index (χ2v) is 8.17. The Morgan fingerprint density at radius 2 is 1.64 bits per heavy atom. The monoisotopic (exact) mass is 393 g/mol. The van der Waals surface area contributed by atoms with Crippen molar-refractivity contribution in [3.05, 3.63) is 16.6 Å². The fourth-order valence-corrected chi connectivity index (χ4v) is 4.33. The Balaban J connectivity index is 3.02. The van der Waals surface area contributed by atoms with E-state index in [-0.39, 0.29) is 10.9 Å². The molecule has 126 valence electrons. The van der Waals surface area contributed by atoms with Crippen LogP contribution < -0.4 is 14.2 Å². The number of benzene rings is 1. The van der Waals surface area contributed by atoms with Gasteiger partial charge in [0.25, 0.3) is 0 Å². The Bertz CT molecular complexity index is 602. The van der Waals surface area contributed by atoms with Crippen molar-refractivity contribution in [2.75, 3.05) is 14.2 Å². The first-order valence-corrected chi connectivity index (χ1v) is 9.42.